The van der Waals surface area contributed by atoms with E-state index in [0.717, 1.165) is 18.5 Å². The zero-order chi connectivity index (χ0) is 13.6. The number of carbonyl (C=O) groups is 2. The molecule has 19 heavy (non-hydrogen) atoms. The van der Waals surface area contributed by atoms with Crippen LogP contribution in [-0.4, -0.2) is 31.7 Å². The molecule has 1 aliphatic rings. The molecule has 1 fully saturated rings. The lowest BCUT2D eigenvalue weighted by molar-refractivity contribution is -0.137. The number of aromatic nitrogens is 3. The highest BCUT2D eigenvalue weighted by atomic mass is 16.4. The van der Waals surface area contributed by atoms with Crippen molar-refractivity contribution in [3.63, 3.8) is 0 Å². The predicted octanol–water partition coefficient (Wildman–Crippen LogP) is 0.492. The number of rotatable bonds is 4. The van der Waals surface area contributed by atoms with Crippen LogP contribution in [0.15, 0.2) is 12.3 Å². The van der Waals surface area contributed by atoms with E-state index < -0.39 is 11.9 Å². The van der Waals surface area contributed by atoms with Gasteiger partial charge >= 0.3 is 5.97 Å². The van der Waals surface area contributed by atoms with Crippen molar-refractivity contribution >= 4 is 22.8 Å². The number of carbonyl (C=O) groups excluding carboxylic acids is 1. The van der Waals surface area contributed by atoms with Gasteiger partial charge in [-0.3, -0.25) is 19.3 Å². The van der Waals surface area contributed by atoms with E-state index in [1.54, 1.807) is 12.3 Å². The summed E-state index contributed by atoms with van der Waals surface area (Å²) in [7, 11) is 0. The summed E-state index contributed by atoms with van der Waals surface area (Å²) in [5, 5.41) is 13.4. The molecule has 7 nitrogen and oxygen atoms in total. The van der Waals surface area contributed by atoms with E-state index in [1.165, 1.54) is 4.68 Å². The van der Waals surface area contributed by atoms with Crippen molar-refractivity contribution < 1.29 is 14.7 Å². The second-order valence-electron chi connectivity index (χ2n) is 4.66. The quantitative estimate of drug-likeness (QED) is 0.831. The zero-order valence-corrected chi connectivity index (χ0v) is 10.0. The molecule has 0 spiro atoms. The van der Waals surface area contributed by atoms with Gasteiger partial charge in [0.15, 0.2) is 5.69 Å². The predicted molar refractivity (Wildman–Crippen MR) is 65.7 cm³/mol. The highest BCUT2D eigenvalue weighted by molar-refractivity contribution is 6.04. The number of hydrogen-bond acceptors (Lipinski definition) is 4. The molecule has 98 valence electrons. The van der Waals surface area contributed by atoms with Crippen molar-refractivity contribution in [1.82, 2.24) is 14.8 Å². The van der Waals surface area contributed by atoms with Crippen LogP contribution in [0.4, 0.5) is 0 Å². The maximum Gasteiger partial charge on any atom is 0.325 e. The van der Waals surface area contributed by atoms with Crippen LogP contribution in [0.5, 0.6) is 0 Å². The second kappa shape index (κ2) is 4.04. The summed E-state index contributed by atoms with van der Waals surface area (Å²) in [6.45, 7) is -0.325. The van der Waals surface area contributed by atoms with Crippen molar-refractivity contribution in [2.45, 2.75) is 25.3 Å². The fourth-order valence-corrected chi connectivity index (χ4v) is 2.12. The maximum atomic E-state index is 11.4. The molecule has 7 heteroatoms. The minimum Gasteiger partial charge on any atom is -0.480 e. The smallest absolute Gasteiger partial charge is 0.325 e. The molecule has 1 amide bonds. The summed E-state index contributed by atoms with van der Waals surface area (Å²) in [4.78, 5) is 26.5. The Morgan fingerprint density at radius 2 is 2.21 bits per heavy atom. The molecule has 2 aromatic heterocycles. The lowest BCUT2D eigenvalue weighted by Gasteiger charge is -2.00. The molecule has 0 saturated heterocycles. The van der Waals surface area contributed by atoms with Gasteiger partial charge in [-0.15, -0.1) is 0 Å². The Bertz CT molecular complexity index is 688. The highest BCUT2D eigenvalue weighted by Gasteiger charge is 2.26. The van der Waals surface area contributed by atoms with Gasteiger partial charge in [0.2, 0.25) is 0 Å². The van der Waals surface area contributed by atoms with Crippen molar-refractivity contribution in [3.05, 3.63) is 23.7 Å². The maximum absolute atomic E-state index is 11.4. The first-order chi connectivity index (χ1) is 9.06. The summed E-state index contributed by atoms with van der Waals surface area (Å²) in [5.41, 5.74) is 6.80. The van der Waals surface area contributed by atoms with E-state index in [1.807, 2.05) is 0 Å². The van der Waals surface area contributed by atoms with Gasteiger partial charge in [0, 0.05) is 17.0 Å². The van der Waals surface area contributed by atoms with E-state index in [4.69, 9.17) is 10.8 Å². The topological polar surface area (TPSA) is 111 Å². The fraction of sp³-hybridized carbons (Fsp3) is 0.333. The molecule has 2 aromatic rings. The SMILES string of the molecule is NC(=O)c1nn(CC(=O)O)c2cnc(C3CC3)cc12. The Morgan fingerprint density at radius 3 is 2.79 bits per heavy atom. The molecule has 0 atom stereocenters. The van der Waals surface area contributed by atoms with Gasteiger partial charge in [0.25, 0.3) is 5.91 Å². The molecule has 0 aliphatic heterocycles. The highest BCUT2D eigenvalue weighted by Crippen LogP contribution is 2.39. The number of primary amides is 1. The molecular formula is C12H12N4O3. The Balaban J connectivity index is 2.17. The lowest BCUT2D eigenvalue weighted by atomic mass is 10.1. The molecular weight excluding hydrogens is 248 g/mol. The summed E-state index contributed by atoms with van der Waals surface area (Å²) in [5.74, 6) is -1.26. The third-order valence-corrected chi connectivity index (χ3v) is 3.17. The molecule has 1 saturated carbocycles. The van der Waals surface area contributed by atoms with Crippen LogP contribution in [0.3, 0.4) is 0 Å². The van der Waals surface area contributed by atoms with Crippen molar-refractivity contribution in [2.75, 3.05) is 0 Å². The number of carboxylic acids is 1. The van der Waals surface area contributed by atoms with E-state index >= 15 is 0 Å². The molecule has 2 heterocycles. The van der Waals surface area contributed by atoms with Gasteiger partial charge < -0.3 is 10.8 Å². The Hall–Kier alpha value is -2.44. The van der Waals surface area contributed by atoms with Crippen molar-refractivity contribution in [2.24, 2.45) is 5.73 Å². The average molecular weight is 260 g/mol. The number of nitrogens with two attached hydrogens (primary N) is 1. The van der Waals surface area contributed by atoms with Gasteiger partial charge in [-0.1, -0.05) is 0 Å². The number of amides is 1. The minimum absolute atomic E-state index is 0.0977. The van der Waals surface area contributed by atoms with Gasteiger partial charge in [-0.05, 0) is 18.9 Å². The van der Waals surface area contributed by atoms with Crippen LogP contribution in [0.2, 0.25) is 0 Å². The summed E-state index contributed by atoms with van der Waals surface area (Å²) >= 11 is 0. The van der Waals surface area contributed by atoms with Crippen LogP contribution < -0.4 is 5.73 Å². The molecule has 0 unspecified atom stereocenters. The Morgan fingerprint density at radius 1 is 1.47 bits per heavy atom. The van der Waals surface area contributed by atoms with Crippen molar-refractivity contribution in [1.29, 1.82) is 0 Å². The van der Waals surface area contributed by atoms with Crippen LogP contribution in [0, 0.1) is 0 Å². The minimum atomic E-state index is -1.04. The van der Waals surface area contributed by atoms with Gasteiger partial charge in [0.05, 0.1) is 11.7 Å². The molecule has 0 bridgehead atoms. The molecule has 3 rings (SSSR count). The van der Waals surface area contributed by atoms with Gasteiger partial charge in [0.1, 0.15) is 6.54 Å². The summed E-state index contributed by atoms with van der Waals surface area (Å²) in [6.07, 6.45) is 3.74. The monoisotopic (exact) mass is 260 g/mol. The molecule has 1 aliphatic carbocycles. The summed E-state index contributed by atoms with van der Waals surface area (Å²) in [6, 6.07) is 1.79. The fourth-order valence-electron chi connectivity index (χ4n) is 2.12. The number of pyridine rings is 1. The number of fused-ring (bicyclic) bond motifs is 1. The number of carboxylic acid groups (broad SMARTS) is 1. The largest absolute Gasteiger partial charge is 0.480 e. The Kier molecular flexibility index (Phi) is 2.48. The third kappa shape index (κ3) is 2.03. The first-order valence-corrected chi connectivity index (χ1v) is 5.94. The molecule has 0 radical (unpaired) electrons. The van der Waals surface area contributed by atoms with Gasteiger partial charge in [-0.25, -0.2) is 0 Å². The average Bonchev–Trinajstić information content (AvgIpc) is 3.12. The first kappa shape index (κ1) is 11.6. The number of aliphatic carboxylic acids is 1. The van der Waals surface area contributed by atoms with Crippen LogP contribution in [-0.2, 0) is 11.3 Å². The van der Waals surface area contributed by atoms with E-state index in [0.29, 0.717) is 16.8 Å². The normalized spacial score (nSPS) is 14.7. The third-order valence-electron chi connectivity index (χ3n) is 3.17. The standard InChI is InChI=1S/C12H12N4O3/c13-12(19)11-7-3-8(6-1-2-6)14-4-9(7)16(15-11)5-10(17)18/h3-4,6H,1-2,5H2,(H2,13,19)(H,17,18). The second-order valence-corrected chi connectivity index (χ2v) is 4.66. The van der Waals surface area contributed by atoms with Crippen LogP contribution in [0.25, 0.3) is 10.9 Å². The van der Waals surface area contributed by atoms with Crippen LogP contribution >= 0.6 is 0 Å². The molecule has 0 aromatic carbocycles. The number of hydrogen-bond donors (Lipinski definition) is 2. The van der Waals surface area contributed by atoms with E-state index in [9.17, 15) is 9.59 Å². The van der Waals surface area contributed by atoms with Crippen molar-refractivity contribution in [3.8, 4) is 0 Å². The Labute approximate surface area is 108 Å². The molecule has 3 N–H and O–H groups in total. The number of nitrogens with zero attached hydrogens (tertiary/aromatic N) is 3. The van der Waals surface area contributed by atoms with E-state index in [-0.39, 0.29) is 12.2 Å². The van der Waals surface area contributed by atoms with Gasteiger partial charge in [-0.2, -0.15) is 5.10 Å². The first-order valence-electron chi connectivity index (χ1n) is 5.94. The van der Waals surface area contributed by atoms with Crippen LogP contribution in [0.1, 0.15) is 34.9 Å². The summed E-state index contributed by atoms with van der Waals surface area (Å²) < 4.78 is 1.24. The van der Waals surface area contributed by atoms with E-state index in [2.05, 4.69) is 10.1 Å². The zero-order valence-electron chi connectivity index (χ0n) is 10.0. The lowest BCUT2D eigenvalue weighted by Crippen LogP contribution is -2.14.